The van der Waals surface area contributed by atoms with E-state index in [0.29, 0.717) is 30.0 Å². The van der Waals surface area contributed by atoms with Gasteiger partial charge in [-0.05, 0) is 50.2 Å². The number of nitrogens with zero attached hydrogens (tertiary/aromatic N) is 3. The molecular formula is C24H22F2N4O2. The van der Waals surface area contributed by atoms with Gasteiger partial charge >= 0.3 is 0 Å². The van der Waals surface area contributed by atoms with Crippen LogP contribution in [0.15, 0.2) is 48.8 Å². The number of halogens is 2. The molecule has 32 heavy (non-hydrogen) atoms. The molecule has 0 atom stereocenters. The zero-order valence-corrected chi connectivity index (χ0v) is 17.9. The molecule has 2 aromatic carbocycles. The van der Waals surface area contributed by atoms with Gasteiger partial charge in [0.05, 0.1) is 18.3 Å². The van der Waals surface area contributed by atoms with Gasteiger partial charge in [-0.1, -0.05) is 0 Å². The molecule has 4 aromatic rings. The van der Waals surface area contributed by atoms with Gasteiger partial charge in [-0.3, -0.25) is 14.9 Å². The van der Waals surface area contributed by atoms with E-state index in [9.17, 15) is 13.6 Å². The van der Waals surface area contributed by atoms with Gasteiger partial charge in [0.1, 0.15) is 17.4 Å². The van der Waals surface area contributed by atoms with Crippen LogP contribution in [-0.2, 0) is 6.54 Å². The van der Waals surface area contributed by atoms with Crippen molar-refractivity contribution in [2.45, 2.75) is 20.4 Å². The van der Waals surface area contributed by atoms with Crippen LogP contribution in [0.4, 0.5) is 8.78 Å². The summed E-state index contributed by atoms with van der Waals surface area (Å²) >= 11 is 0. The van der Waals surface area contributed by atoms with E-state index >= 15 is 0 Å². The van der Waals surface area contributed by atoms with E-state index < -0.39 is 11.6 Å². The van der Waals surface area contributed by atoms with E-state index in [2.05, 4.69) is 15.2 Å². The van der Waals surface area contributed by atoms with Crippen LogP contribution in [0.25, 0.3) is 22.0 Å². The Kier molecular flexibility index (Phi) is 5.85. The Balaban J connectivity index is 1.64. The van der Waals surface area contributed by atoms with Crippen LogP contribution >= 0.6 is 0 Å². The number of rotatable bonds is 6. The number of ether oxygens (including phenoxy) is 1. The first-order valence-corrected chi connectivity index (χ1v) is 10.1. The van der Waals surface area contributed by atoms with Gasteiger partial charge in [0, 0.05) is 53.1 Å². The SMILES string of the molecule is CCOc1cc(C(=O)N(C)Cc2cnc(C)c3cn[nH]c23)ccc1-c1cc(F)ccc1F. The molecule has 8 heteroatoms. The quantitative estimate of drug-likeness (QED) is 0.468. The number of fused-ring (bicyclic) bond motifs is 1. The summed E-state index contributed by atoms with van der Waals surface area (Å²) in [7, 11) is 1.69. The maximum atomic E-state index is 14.3. The summed E-state index contributed by atoms with van der Waals surface area (Å²) in [5, 5.41) is 7.94. The first-order valence-electron chi connectivity index (χ1n) is 10.1. The van der Waals surface area contributed by atoms with Crippen molar-refractivity contribution in [2.75, 3.05) is 13.7 Å². The molecule has 6 nitrogen and oxygen atoms in total. The van der Waals surface area contributed by atoms with Gasteiger partial charge in [-0.15, -0.1) is 0 Å². The highest BCUT2D eigenvalue weighted by molar-refractivity contribution is 5.96. The van der Waals surface area contributed by atoms with Gasteiger partial charge in [0.15, 0.2) is 0 Å². The Hall–Kier alpha value is -3.81. The smallest absolute Gasteiger partial charge is 0.254 e. The third-order valence-corrected chi connectivity index (χ3v) is 5.27. The zero-order valence-electron chi connectivity index (χ0n) is 17.9. The molecular weight excluding hydrogens is 414 g/mol. The van der Waals surface area contributed by atoms with Crippen molar-refractivity contribution >= 4 is 16.8 Å². The van der Waals surface area contributed by atoms with Gasteiger partial charge in [0.25, 0.3) is 5.91 Å². The number of aryl methyl sites for hydroxylation is 1. The maximum absolute atomic E-state index is 14.3. The summed E-state index contributed by atoms with van der Waals surface area (Å²) in [6.45, 7) is 4.31. The molecule has 0 bridgehead atoms. The largest absolute Gasteiger partial charge is 0.493 e. The van der Waals surface area contributed by atoms with Crippen LogP contribution in [0.1, 0.15) is 28.5 Å². The van der Waals surface area contributed by atoms with Crippen LogP contribution in [0, 0.1) is 18.6 Å². The Bertz CT molecular complexity index is 1300. The second-order valence-corrected chi connectivity index (χ2v) is 7.46. The van der Waals surface area contributed by atoms with Crippen molar-refractivity contribution in [3.05, 3.63) is 77.2 Å². The molecule has 0 aliphatic rings. The standard InChI is InChI=1S/C24H22F2N4O2/c1-4-32-22-9-15(5-7-18(22)19-10-17(25)6-8-21(19)26)24(31)30(3)13-16-11-27-14(2)20-12-28-29-23(16)20/h5-12H,4,13H2,1-3H3,(H,28,29). The third kappa shape index (κ3) is 4.03. The third-order valence-electron chi connectivity index (χ3n) is 5.27. The number of carbonyl (C=O) groups excluding carboxylic acids is 1. The van der Waals surface area contributed by atoms with E-state index in [-0.39, 0.29) is 11.5 Å². The molecule has 0 unspecified atom stereocenters. The number of H-pyrrole nitrogens is 1. The first kappa shape index (κ1) is 21.4. The molecule has 0 saturated heterocycles. The molecule has 164 valence electrons. The van der Waals surface area contributed by atoms with Crippen LogP contribution in [0.2, 0.25) is 0 Å². The number of hydrogen-bond acceptors (Lipinski definition) is 4. The molecule has 1 N–H and O–H groups in total. The number of aromatic amines is 1. The second-order valence-electron chi connectivity index (χ2n) is 7.46. The molecule has 1 amide bonds. The van der Waals surface area contributed by atoms with Gasteiger partial charge < -0.3 is 9.64 Å². The Morgan fingerprint density at radius 2 is 1.94 bits per heavy atom. The van der Waals surface area contributed by atoms with Crippen LogP contribution in [0.5, 0.6) is 5.75 Å². The number of aromatic nitrogens is 3. The summed E-state index contributed by atoms with van der Waals surface area (Å²) in [4.78, 5) is 19.0. The molecule has 2 aromatic heterocycles. The molecule has 0 fully saturated rings. The first-order chi connectivity index (χ1) is 15.4. The number of benzene rings is 2. The minimum atomic E-state index is -0.570. The van der Waals surface area contributed by atoms with Crippen molar-refractivity contribution in [1.29, 1.82) is 0 Å². The lowest BCUT2D eigenvalue weighted by molar-refractivity contribution is 0.0785. The fourth-order valence-corrected chi connectivity index (χ4v) is 3.64. The lowest BCUT2D eigenvalue weighted by atomic mass is 10.0. The molecule has 0 saturated carbocycles. The predicted molar refractivity (Wildman–Crippen MR) is 117 cm³/mol. The second kappa shape index (κ2) is 8.74. The highest BCUT2D eigenvalue weighted by atomic mass is 19.1. The molecule has 0 aliphatic heterocycles. The summed E-state index contributed by atoms with van der Waals surface area (Å²) < 4.78 is 33.7. The van der Waals surface area contributed by atoms with Crippen molar-refractivity contribution in [2.24, 2.45) is 0 Å². The number of amides is 1. The predicted octanol–water partition coefficient (Wildman–Crippen LogP) is 4.88. The topological polar surface area (TPSA) is 71.1 Å². The summed E-state index contributed by atoms with van der Waals surface area (Å²) in [5.41, 5.74) is 3.36. The van der Waals surface area contributed by atoms with E-state index in [1.54, 1.807) is 49.5 Å². The normalized spacial score (nSPS) is 11.0. The van der Waals surface area contributed by atoms with E-state index in [0.717, 1.165) is 40.4 Å². The Labute approximate surface area is 183 Å². The number of nitrogens with one attached hydrogen (secondary N) is 1. The van der Waals surface area contributed by atoms with E-state index in [1.165, 1.54) is 0 Å². The summed E-state index contributed by atoms with van der Waals surface area (Å²) in [5.74, 6) is -1.06. The van der Waals surface area contributed by atoms with Crippen LogP contribution < -0.4 is 4.74 Å². The van der Waals surface area contributed by atoms with Crippen molar-refractivity contribution in [3.63, 3.8) is 0 Å². The lowest BCUT2D eigenvalue weighted by Crippen LogP contribution is -2.26. The Morgan fingerprint density at radius 3 is 2.72 bits per heavy atom. The van der Waals surface area contributed by atoms with Crippen molar-refractivity contribution < 1.29 is 18.3 Å². The monoisotopic (exact) mass is 436 g/mol. The lowest BCUT2D eigenvalue weighted by Gasteiger charge is -2.19. The average molecular weight is 436 g/mol. The average Bonchev–Trinajstić information content (AvgIpc) is 3.28. The summed E-state index contributed by atoms with van der Waals surface area (Å²) in [6, 6.07) is 7.95. The molecule has 2 heterocycles. The minimum absolute atomic E-state index is 0.0770. The Morgan fingerprint density at radius 1 is 1.12 bits per heavy atom. The van der Waals surface area contributed by atoms with Gasteiger partial charge in [-0.2, -0.15) is 5.10 Å². The van der Waals surface area contributed by atoms with Gasteiger partial charge in [-0.25, -0.2) is 8.78 Å². The van der Waals surface area contributed by atoms with Crippen molar-refractivity contribution in [1.82, 2.24) is 20.1 Å². The maximum Gasteiger partial charge on any atom is 0.254 e. The van der Waals surface area contributed by atoms with Crippen LogP contribution in [0.3, 0.4) is 0 Å². The molecule has 0 spiro atoms. The highest BCUT2D eigenvalue weighted by Gasteiger charge is 2.19. The molecule has 0 radical (unpaired) electrons. The fourth-order valence-electron chi connectivity index (χ4n) is 3.64. The number of hydrogen-bond donors (Lipinski definition) is 1. The van der Waals surface area contributed by atoms with E-state index in [1.807, 2.05) is 6.92 Å². The summed E-state index contributed by atoms with van der Waals surface area (Å²) in [6.07, 6.45) is 3.43. The van der Waals surface area contributed by atoms with E-state index in [4.69, 9.17) is 4.74 Å². The van der Waals surface area contributed by atoms with Crippen molar-refractivity contribution in [3.8, 4) is 16.9 Å². The number of carbonyl (C=O) groups is 1. The highest BCUT2D eigenvalue weighted by Crippen LogP contribution is 2.34. The number of pyridine rings is 1. The van der Waals surface area contributed by atoms with Crippen LogP contribution in [-0.4, -0.2) is 39.6 Å². The zero-order chi connectivity index (χ0) is 22.8. The molecule has 4 rings (SSSR count). The molecule has 0 aliphatic carbocycles. The fraction of sp³-hybridized carbons (Fsp3) is 0.208. The van der Waals surface area contributed by atoms with Gasteiger partial charge in [0.2, 0.25) is 0 Å². The minimum Gasteiger partial charge on any atom is -0.493 e.